The van der Waals surface area contributed by atoms with E-state index < -0.39 is 23.1 Å². The van der Waals surface area contributed by atoms with E-state index in [9.17, 15) is 28.8 Å². The monoisotopic (exact) mass is 808 g/mol. The fourth-order valence-corrected chi connectivity index (χ4v) is 6.58. The number of benzene rings is 6. The van der Waals surface area contributed by atoms with Crippen LogP contribution in [0.2, 0.25) is 0 Å². The van der Waals surface area contributed by atoms with Crippen LogP contribution < -0.4 is 31.9 Å². The van der Waals surface area contributed by atoms with E-state index in [0.29, 0.717) is 50.8 Å². The maximum Gasteiger partial charge on any atom is 0.255 e. The van der Waals surface area contributed by atoms with Crippen LogP contribution >= 0.6 is 0 Å². The van der Waals surface area contributed by atoms with Gasteiger partial charge in [0.2, 0.25) is 5.91 Å². The highest BCUT2D eigenvalue weighted by Gasteiger charge is 2.38. The number of rotatable bonds is 12. The molecular formula is C49H40N6O6. The van der Waals surface area contributed by atoms with Gasteiger partial charge in [-0.15, -0.1) is 0 Å². The third kappa shape index (κ3) is 10.6. The summed E-state index contributed by atoms with van der Waals surface area (Å²) >= 11 is 0. The average Bonchev–Trinajstić information content (AvgIpc) is 3.27. The molecule has 0 bridgehead atoms. The molecule has 7 rings (SSSR count). The number of nitrogens with one attached hydrogen (secondary N) is 6. The number of carbonyl (C=O) groups excluding carboxylic acids is 6. The molecule has 0 saturated heterocycles. The molecule has 0 spiro atoms. The van der Waals surface area contributed by atoms with Gasteiger partial charge in [-0.25, -0.2) is 0 Å². The first kappa shape index (κ1) is 40.8. The molecule has 1 aliphatic carbocycles. The van der Waals surface area contributed by atoms with E-state index in [1.165, 1.54) is 12.2 Å². The quantitative estimate of drug-likeness (QED) is 0.0720. The van der Waals surface area contributed by atoms with Gasteiger partial charge >= 0.3 is 0 Å². The highest BCUT2D eigenvalue weighted by molar-refractivity contribution is 6.13. The zero-order valence-corrected chi connectivity index (χ0v) is 32.9. The molecule has 12 heteroatoms. The second-order valence-corrected chi connectivity index (χ2v) is 14.4. The first-order chi connectivity index (χ1) is 29.5. The summed E-state index contributed by atoms with van der Waals surface area (Å²) in [4.78, 5) is 80.7. The summed E-state index contributed by atoms with van der Waals surface area (Å²) in [5, 5.41) is 17.1. The first-order valence-corrected chi connectivity index (χ1v) is 19.3. The Morgan fingerprint density at radius 3 is 1.10 bits per heavy atom. The van der Waals surface area contributed by atoms with Crippen molar-refractivity contribution in [2.45, 2.75) is 13.3 Å². The SMILES string of the molecule is CC1(C(=O)Nc2cccc(NC(=O)c3ccccc3)c2)C=C(C(=O)Nc2cccc(NC(=O)c3ccccc3)c2)C=C(C(=O)Nc2cccc(NC(=O)c3ccccc3)c2)C1. The summed E-state index contributed by atoms with van der Waals surface area (Å²) in [6.07, 6.45) is 2.86. The minimum atomic E-state index is -1.42. The zero-order valence-electron chi connectivity index (χ0n) is 32.9. The molecule has 0 radical (unpaired) electrons. The van der Waals surface area contributed by atoms with E-state index in [1.54, 1.807) is 153 Å². The fourth-order valence-electron chi connectivity index (χ4n) is 6.58. The topological polar surface area (TPSA) is 175 Å². The van der Waals surface area contributed by atoms with Gasteiger partial charge in [0.15, 0.2) is 0 Å². The lowest BCUT2D eigenvalue weighted by Gasteiger charge is -2.30. The van der Waals surface area contributed by atoms with Crippen molar-refractivity contribution < 1.29 is 28.8 Å². The standard InChI is InChI=1S/C49H40N6O6/c1-49(48(61)55-42-25-13-24-41(29-42)52-45(58)34-18-9-4-10-19-34)30-35(46(59)53-39-22-11-20-37(27-39)50-43(56)32-14-5-2-6-15-32)26-36(31-49)47(60)54-40-23-12-21-38(28-40)51-44(57)33-16-7-3-8-17-33/h2-30H,31H2,1H3,(H,50,56)(H,51,57)(H,52,58)(H,53,59)(H,54,60)(H,55,61). The van der Waals surface area contributed by atoms with Crippen molar-refractivity contribution >= 4 is 69.6 Å². The van der Waals surface area contributed by atoms with Crippen molar-refractivity contribution in [1.29, 1.82) is 0 Å². The van der Waals surface area contributed by atoms with Crippen LogP contribution in [0, 0.1) is 5.41 Å². The smallest absolute Gasteiger partial charge is 0.255 e. The molecule has 1 atom stereocenters. The van der Waals surface area contributed by atoms with Crippen molar-refractivity contribution in [2.75, 3.05) is 31.9 Å². The van der Waals surface area contributed by atoms with Crippen molar-refractivity contribution in [2.24, 2.45) is 5.41 Å². The zero-order chi connectivity index (χ0) is 42.8. The van der Waals surface area contributed by atoms with Crippen molar-refractivity contribution in [3.8, 4) is 0 Å². The van der Waals surface area contributed by atoms with Gasteiger partial charge in [-0.3, -0.25) is 28.8 Å². The Kier molecular flexibility index (Phi) is 12.4. The lowest BCUT2D eigenvalue weighted by atomic mass is 9.76. The van der Waals surface area contributed by atoms with Crippen LogP contribution in [-0.2, 0) is 14.4 Å². The molecule has 0 aromatic heterocycles. The average molecular weight is 809 g/mol. The van der Waals surface area contributed by atoms with E-state index in [4.69, 9.17) is 0 Å². The lowest BCUT2D eigenvalue weighted by molar-refractivity contribution is -0.122. The van der Waals surface area contributed by atoms with Crippen LogP contribution in [0.1, 0.15) is 44.4 Å². The predicted molar refractivity (Wildman–Crippen MR) is 237 cm³/mol. The summed E-state index contributed by atoms with van der Waals surface area (Å²) in [5.74, 6) is -2.66. The summed E-state index contributed by atoms with van der Waals surface area (Å²) in [6.45, 7) is 1.62. The van der Waals surface area contributed by atoms with Gasteiger partial charge in [-0.05, 0) is 110 Å². The van der Waals surface area contributed by atoms with Gasteiger partial charge < -0.3 is 31.9 Å². The van der Waals surface area contributed by atoms with Crippen LogP contribution in [-0.4, -0.2) is 35.4 Å². The highest BCUT2D eigenvalue weighted by atomic mass is 16.2. The second-order valence-electron chi connectivity index (χ2n) is 14.4. The van der Waals surface area contributed by atoms with Gasteiger partial charge in [0.1, 0.15) is 0 Å². The minimum absolute atomic E-state index is 0.0422. The van der Waals surface area contributed by atoms with Crippen molar-refractivity contribution in [1.82, 2.24) is 0 Å². The highest BCUT2D eigenvalue weighted by Crippen LogP contribution is 2.37. The molecule has 302 valence electrons. The summed E-state index contributed by atoms with van der Waals surface area (Å²) in [6, 6.07) is 46.0. The second kappa shape index (κ2) is 18.5. The third-order valence-corrected chi connectivity index (χ3v) is 9.68. The van der Waals surface area contributed by atoms with Gasteiger partial charge in [-0.2, -0.15) is 0 Å². The normalized spacial score (nSPS) is 14.2. The molecule has 0 fully saturated rings. The Balaban J connectivity index is 1.12. The van der Waals surface area contributed by atoms with E-state index in [2.05, 4.69) is 31.9 Å². The molecule has 0 saturated carbocycles. The van der Waals surface area contributed by atoms with Crippen molar-refractivity contribution in [3.63, 3.8) is 0 Å². The number of hydrogen-bond donors (Lipinski definition) is 6. The number of carbonyl (C=O) groups is 6. The third-order valence-electron chi connectivity index (χ3n) is 9.68. The maximum atomic E-state index is 14.2. The Morgan fingerprint density at radius 1 is 0.393 bits per heavy atom. The Hall–Kier alpha value is -8.38. The molecule has 0 heterocycles. The Morgan fingerprint density at radius 2 is 0.721 bits per heavy atom. The lowest BCUT2D eigenvalue weighted by Crippen LogP contribution is -2.37. The van der Waals surface area contributed by atoms with Crippen LogP contribution in [0.25, 0.3) is 0 Å². The maximum absolute atomic E-state index is 14.2. The molecule has 6 aromatic carbocycles. The van der Waals surface area contributed by atoms with Gasteiger partial charge in [0, 0.05) is 62.0 Å². The van der Waals surface area contributed by atoms with E-state index in [-0.39, 0.29) is 35.3 Å². The summed E-state index contributed by atoms with van der Waals surface area (Å²) < 4.78 is 0. The molecule has 1 unspecified atom stereocenters. The van der Waals surface area contributed by atoms with Crippen LogP contribution in [0.3, 0.4) is 0 Å². The molecule has 6 N–H and O–H groups in total. The van der Waals surface area contributed by atoms with E-state index >= 15 is 0 Å². The number of hydrogen-bond acceptors (Lipinski definition) is 6. The summed E-state index contributed by atoms with van der Waals surface area (Å²) in [5.41, 5.74) is 2.58. The molecule has 6 amide bonds. The molecule has 1 aliphatic rings. The van der Waals surface area contributed by atoms with E-state index in [0.717, 1.165) is 0 Å². The molecule has 61 heavy (non-hydrogen) atoms. The fraction of sp³-hybridized carbons (Fsp3) is 0.0612. The van der Waals surface area contributed by atoms with Crippen molar-refractivity contribution in [3.05, 3.63) is 204 Å². The van der Waals surface area contributed by atoms with Crippen LogP contribution in [0.4, 0.5) is 34.1 Å². The molecule has 12 nitrogen and oxygen atoms in total. The van der Waals surface area contributed by atoms with Crippen LogP contribution in [0.5, 0.6) is 0 Å². The van der Waals surface area contributed by atoms with E-state index in [1.807, 2.05) is 18.2 Å². The number of anilines is 6. The Bertz CT molecular complexity index is 2700. The predicted octanol–water partition coefficient (Wildman–Crippen LogP) is 8.92. The largest absolute Gasteiger partial charge is 0.325 e. The molecule has 6 aromatic rings. The minimum Gasteiger partial charge on any atom is -0.325 e. The van der Waals surface area contributed by atoms with Gasteiger partial charge in [0.25, 0.3) is 29.5 Å². The molecular weight excluding hydrogens is 769 g/mol. The number of amides is 6. The van der Waals surface area contributed by atoms with Gasteiger partial charge in [0.05, 0.1) is 5.41 Å². The first-order valence-electron chi connectivity index (χ1n) is 19.3. The van der Waals surface area contributed by atoms with Gasteiger partial charge in [-0.1, -0.05) is 78.9 Å². The molecule has 0 aliphatic heterocycles. The van der Waals surface area contributed by atoms with Crippen LogP contribution in [0.15, 0.2) is 187 Å². The summed E-state index contributed by atoms with van der Waals surface area (Å²) in [7, 11) is 0. The Labute approximate surface area is 351 Å².